The van der Waals surface area contributed by atoms with Crippen molar-refractivity contribution in [3.8, 4) is 0 Å². The van der Waals surface area contributed by atoms with Gasteiger partial charge in [0.15, 0.2) is 0 Å². The summed E-state index contributed by atoms with van der Waals surface area (Å²) in [5.41, 5.74) is 0.683. The van der Waals surface area contributed by atoms with Crippen LogP contribution in [0.1, 0.15) is 24.6 Å². The number of carboxylic acid groups (broad SMARTS) is 1. The van der Waals surface area contributed by atoms with Gasteiger partial charge in [-0.15, -0.1) is 0 Å². The zero-order chi connectivity index (χ0) is 13.4. The number of nitrogens with one attached hydrogen (secondary N) is 1. The molecule has 0 saturated carbocycles. The van der Waals surface area contributed by atoms with E-state index >= 15 is 0 Å². The molecule has 1 aromatic heterocycles. The van der Waals surface area contributed by atoms with Gasteiger partial charge in [-0.3, -0.25) is 14.6 Å². The second kappa shape index (κ2) is 7.39. The highest BCUT2D eigenvalue weighted by Crippen LogP contribution is 2.10. The molecule has 0 saturated heterocycles. The molecular weight excluding hydrogens is 236 g/mol. The Labute approximate surface area is 105 Å². The Kier molecular flexibility index (Phi) is 5.79. The van der Waals surface area contributed by atoms with Crippen LogP contribution in [0.25, 0.3) is 0 Å². The van der Waals surface area contributed by atoms with Crippen molar-refractivity contribution in [1.29, 1.82) is 0 Å². The lowest BCUT2D eigenvalue weighted by Gasteiger charge is -2.17. The van der Waals surface area contributed by atoms with Gasteiger partial charge in [-0.25, -0.2) is 0 Å². The van der Waals surface area contributed by atoms with Gasteiger partial charge in [0, 0.05) is 19.7 Å². The quantitative estimate of drug-likeness (QED) is 0.747. The number of nitrogens with zero attached hydrogens (tertiary/aromatic N) is 1. The number of methoxy groups -OCH3 is 1. The first kappa shape index (κ1) is 14.1. The summed E-state index contributed by atoms with van der Waals surface area (Å²) in [5, 5.41) is 11.2. The molecule has 0 radical (unpaired) electrons. The maximum Gasteiger partial charge on any atom is 0.303 e. The summed E-state index contributed by atoms with van der Waals surface area (Å²) in [6.45, 7) is 0.288. The van der Waals surface area contributed by atoms with Crippen LogP contribution >= 0.6 is 0 Å². The van der Waals surface area contributed by atoms with Gasteiger partial charge < -0.3 is 15.2 Å². The minimum Gasteiger partial charge on any atom is -0.481 e. The molecule has 1 amide bonds. The first-order chi connectivity index (χ1) is 8.63. The number of hydrogen-bond acceptors (Lipinski definition) is 4. The normalized spacial score (nSPS) is 11.8. The Morgan fingerprint density at radius 3 is 2.78 bits per heavy atom. The monoisotopic (exact) mass is 252 g/mol. The fraction of sp³-hybridized carbons (Fsp3) is 0.417. The number of aliphatic carboxylic acids is 1. The third-order valence-electron chi connectivity index (χ3n) is 2.28. The van der Waals surface area contributed by atoms with Gasteiger partial charge in [0.25, 0.3) is 0 Å². The van der Waals surface area contributed by atoms with E-state index in [0.29, 0.717) is 5.69 Å². The van der Waals surface area contributed by atoms with E-state index in [2.05, 4.69) is 10.3 Å². The number of carbonyl (C=O) groups excluding carboxylic acids is 1. The van der Waals surface area contributed by atoms with Crippen molar-refractivity contribution in [2.24, 2.45) is 0 Å². The van der Waals surface area contributed by atoms with E-state index in [0.717, 1.165) is 0 Å². The highest BCUT2D eigenvalue weighted by atomic mass is 16.5. The van der Waals surface area contributed by atoms with E-state index in [1.807, 2.05) is 6.07 Å². The van der Waals surface area contributed by atoms with Gasteiger partial charge in [-0.1, -0.05) is 6.07 Å². The summed E-state index contributed by atoms with van der Waals surface area (Å²) in [5.74, 6) is -1.32. The van der Waals surface area contributed by atoms with Gasteiger partial charge in [-0.05, 0) is 12.1 Å². The molecule has 6 nitrogen and oxygen atoms in total. The molecule has 0 bridgehead atoms. The molecule has 0 aliphatic carbocycles. The van der Waals surface area contributed by atoms with Gasteiger partial charge in [0.1, 0.15) is 0 Å². The predicted octanol–water partition coefficient (Wildman–Crippen LogP) is 0.750. The molecule has 1 rings (SSSR count). The highest BCUT2D eigenvalue weighted by molar-refractivity contribution is 5.80. The molecule has 1 heterocycles. The number of ether oxygens (including phenoxy) is 1. The minimum atomic E-state index is -0.994. The largest absolute Gasteiger partial charge is 0.481 e. The van der Waals surface area contributed by atoms with Crippen LogP contribution in [0.15, 0.2) is 24.4 Å². The third kappa shape index (κ3) is 4.92. The molecule has 1 atom stereocenters. The summed E-state index contributed by atoms with van der Waals surface area (Å²) >= 11 is 0. The molecule has 0 spiro atoms. The van der Waals surface area contributed by atoms with Crippen molar-refractivity contribution in [2.45, 2.75) is 18.9 Å². The number of carbonyl (C=O) groups is 2. The van der Waals surface area contributed by atoms with Crippen molar-refractivity contribution in [2.75, 3.05) is 13.7 Å². The van der Waals surface area contributed by atoms with Crippen LogP contribution < -0.4 is 5.32 Å². The van der Waals surface area contributed by atoms with Gasteiger partial charge in [0.05, 0.1) is 24.8 Å². The maximum atomic E-state index is 11.5. The maximum absolute atomic E-state index is 11.5. The standard InChI is InChI=1S/C12H16N2O4/c1-18-8-10(9-4-2-3-7-13-9)14-11(15)5-6-12(16)17/h2-4,7,10H,5-6,8H2,1H3,(H,14,15)(H,16,17). The number of amides is 1. The second-order valence-electron chi connectivity index (χ2n) is 3.72. The number of aromatic nitrogens is 1. The Morgan fingerprint density at radius 2 is 2.22 bits per heavy atom. The molecule has 18 heavy (non-hydrogen) atoms. The summed E-state index contributed by atoms with van der Waals surface area (Å²) in [7, 11) is 1.53. The van der Waals surface area contributed by atoms with E-state index in [9.17, 15) is 9.59 Å². The molecule has 0 aliphatic heterocycles. The summed E-state index contributed by atoms with van der Waals surface area (Å²) in [4.78, 5) is 26.1. The van der Waals surface area contributed by atoms with Crippen molar-refractivity contribution in [1.82, 2.24) is 10.3 Å². The van der Waals surface area contributed by atoms with Crippen molar-refractivity contribution >= 4 is 11.9 Å². The second-order valence-corrected chi connectivity index (χ2v) is 3.72. The fourth-order valence-corrected chi connectivity index (χ4v) is 1.44. The van der Waals surface area contributed by atoms with E-state index in [1.54, 1.807) is 18.3 Å². The van der Waals surface area contributed by atoms with Crippen LogP contribution in [0.5, 0.6) is 0 Å². The Bertz CT molecular complexity index is 394. The highest BCUT2D eigenvalue weighted by Gasteiger charge is 2.15. The van der Waals surface area contributed by atoms with Crippen LogP contribution in [-0.4, -0.2) is 35.7 Å². The van der Waals surface area contributed by atoms with Crippen LogP contribution in [-0.2, 0) is 14.3 Å². The molecule has 0 aliphatic rings. The summed E-state index contributed by atoms with van der Waals surface area (Å²) in [6.07, 6.45) is 1.39. The lowest BCUT2D eigenvalue weighted by molar-refractivity contribution is -0.139. The number of hydrogen-bond donors (Lipinski definition) is 2. The smallest absolute Gasteiger partial charge is 0.303 e. The number of carboxylic acids is 1. The van der Waals surface area contributed by atoms with E-state index in [1.165, 1.54) is 7.11 Å². The Hall–Kier alpha value is -1.95. The van der Waals surface area contributed by atoms with Gasteiger partial charge in [-0.2, -0.15) is 0 Å². The summed E-state index contributed by atoms with van der Waals surface area (Å²) in [6, 6.07) is 5.01. The predicted molar refractivity (Wildman–Crippen MR) is 63.9 cm³/mol. The van der Waals surface area contributed by atoms with E-state index < -0.39 is 5.97 Å². The molecule has 0 aromatic carbocycles. The van der Waals surface area contributed by atoms with Gasteiger partial charge in [0.2, 0.25) is 5.91 Å². The van der Waals surface area contributed by atoms with Crippen molar-refractivity contribution in [3.05, 3.63) is 30.1 Å². The lowest BCUT2D eigenvalue weighted by atomic mass is 10.2. The van der Waals surface area contributed by atoms with Gasteiger partial charge >= 0.3 is 5.97 Å². The minimum absolute atomic E-state index is 0.0532. The average Bonchev–Trinajstić information content (AvgIpc) is 2.37. The Morgan fingerprint density at radius 1 is 1.44 bits per heavy atom. The molecule has 1 unspecified atom stereocenters. The number of rotatable bonds is 7. The SMILES string of the molecule is COCC(NC(=O)CCC(=O)O)c1ccccn1. The topological polar surface area (TPSA) is 88.5 Å². The molecule has 6 heteroatoms. The first-order valence-corrected chi connectivity index (χ1v) is 5.54. The lowest BCUT2D eigenvalue weighted by Crippen LogP contribution is -2.32. The van der Waals surface area contributed by atoms with Crippen molar-refractivity contribution < 1.29 is 19.4 Å². The molecule has 2 N–H and O–H groups in total. The fourth-order valence-electron chi connectivity index (χ4n) is 1.44. The van der Waals surface area contributed by atoms with E-state index in [4.69, 9.17) is 9.84 Å². The molecular formula is C12H16N2O4. The first-order valence-electron chi connectivity index (χ1n) is 5.54. The van der Waals surface area contributed by atoms with Crippen LogP contribution in [0, 0.1) is 0 Å². The van der Waals surface area contributed by atoms with Crippen molar-refractivity contribution in [3.63, 3.8) is 0 Å². The molecule has 98 valence electrons. The number of pyridine rings is 1. The zero-order valence-electron chi connectivity index (χ0n) is 10.1. The van der Waals surface area contributed by atoms with Crippen LogP contribution in [0.4, 0.5) is 0 Å². The zero-order valence-corrected chi connectivity index (χ0v) is 10.1. The summed E-state index contributed by atoms with van der Waals surface area (Å²) < 4.78 is 5.01. The average molecular weight is 252 g/mol. The van der Waals surface area contributed by atoms with Crippen LogP contribution in [0.2, 0.25) is 0 Å². The molecule has 1 aromatic rings. The molecule has 0 fully saturated rings. The Balaban J connectivity index is 2.58. The van der Waals surface area contributed by atoms with E-state index in [-0.39, 0.29) is 31.4 Å². The van der Waals surface area contributed by atoms with Crippen LogP contribution in [0.3, 0.4) is 0 Å². The third-order valence-corrected chi connectivity index (χ3v) is 2.28.